The maximum absolute atomic E-state index is 14.3. The van der Waals surface area contributed by atoms with E-state index in [2.05, 4.69) is 5.32 Å². The largest absolute Gasteiger partial charge is 0.491 e. The van der Waals surface area contributed by atoms with Crippen LogP contribution < -0.4 is 10.1 Å². The number of amides is 3. The number of ether oxygens (including phenoxy) is 3. The summed E-state index contributed by atoms with van der Waals surface area (Å²) >= 11 is 1.34. The molecule has 0 bridgehead atoms. The maximum atomic E-state index is 14.3. The molecule has 3 atom stereocenters. The van der Waals surface area contributed by atoms with E-state index in [9.17, 15) is 24.0 Å². The van der Waals surface area contributed by atoms with Crippen LogP contribution in [0.25, 0.3) is 0 Å². The lowest BCUT2D eigenvalue weighted by Crippen LogP contribution is -2.56. The Balaban J connectivity index is 1.43. The van der Waals surface area contributed by atoms with Gasteiger partial charge < -0.3 is 29.5 Å². The van der Waals surface area contributed by atoms with Crippen LogP contribution in [0.2, 0.25) is 0 Å². The SMILES string of the molecule is C[C@@H](C(=O)N[C@H](C(=O)N1CCCC1c1nc(C(=O)c2cccc(OCCOCCC(=O)O)c2)cs1)C1CCCCC1)N(C)C(=O)OC(C)(C)C. The molecule has 14 heteroatoms. The van der Waals surface area contributed by atoms with Gasteiger partial charge in [-0.3, -0.25) is 24.1 Å². The lowest BCUT2D eigenvalue weighted by molar-refractivity contribution is -0.140. The highest BCUT2D eigenvalue weighted by Crippen LogP contribution is 2.36. The normalized spacial score (nSPS) is 17.9. The van der Waals surface area contributed by atoms with Gasteiger partial charge in [-0.15, -0.1) is 11.3 Å². The third kappa shape index (κ3) is 10.7. The summed E-state index contributed by atoms with van der Waals surface area (Å²) in [6, 6.07) is 4.82. The van der Waals surface area contributed by atoms with Gasteiger partial charge in [0, 0.05) is 24.5 Å². The zero-order valence-corrected chi connectivity index (χ0v) is 30.5. The van der Waals surface area contributed by atoms with Crippen LogP contribution in [-0.4, -0.2) is 101 Å². The molecular formula is C36H50N4O9S. The van der Waals surface area contributed by atoms with Crippen molar-refractivity contribution in [1.82, 2.24) is 20.1 Å². The molecule has 3 amide bonds. The number of likely N-dealkylation sites (tertiary alicyclic amines) is 1. The van der Waals surface area contributed by atoms with Crippen LogP contribution in [0.15, 0.2) is 29.6 Å². The first-order valence-corrected chi connectivity index (χ1v) is 18.2. The molecule has 2 N–H and O–H groups in total. The summed E-state index contributed by atoms with van der Waals surface area (Å²) in [4.78, 5) is 72.3. The van der Waals surface area contributed by atoms with Crippen LogP contribution in [-0.2, 0) is 23.9 Å². The molecule has 2 fully saturated rings. The van der Waals surface area contributed by atoms with E-state index in [1.165, 1.54) is 23.3 Å². The highest BCUT2D eigenvalue weighted by molar-refractivity contribution is 7.10. The number of carbonyl (C=O) groups is 5. The fourth-order valence-corrected chi connectivity index (χ4v) is 7.10. The van der Waals surface area contributed by atoms with Crippen LogP contribution in [0.1, 0.15) is 106 Å². The third-order valence-corrected chi connectivity index (χ3v) is 9.90. The molecule has 0 radical (unpaired) electrons. The Morgan fingerprint density at radius 1 is 1.06 bits per heavy atom. The van der Waals surface area contributed by atoms with E-state index in [0.29, 0.717) is 29.3 Å². The van der Waals surface area contributed by atoms with Crippen molar-refractivity contribution in [2.75, 3.05) is 33.4 Å². The first-order valence-electron chi connectivity index (χ1n) is 17.3. The summed E-state index contributed by atoms with van der Waals surface area (Å²) in [6.45, 7) is 7.92. The molecule has 1 saturated heterocycles. The van der Waals surface area contributed by atoms with Gasteiger partial charge in [-0.05, 0) is 71.4 Å². The number of carbonyl (C=O) groups excluding carboxylic acids is 4. The highest BCUT2D eigenvalue weighted by atomic mass is 32.1. The third-order valence-electron chi connectivity index (χ3n) is 8.96. The van der Waals surface area contributed by atoms with E-state index >= 15 is 0 Å². The lowest BCUT2D eigenvalue weighted by Gasteiger charge is -2.36. The summed E-state index contributed by atoms with van der Waals surface area (Å²) < 4.78 is 16.4. The average molecular weight is 715 g/mol. The van der Waals surface area contributed by atoms with Gasteiger partial charge in [0.15, 0.2) is 0 Å². The Kier molecular flexibility index (Phi) is 13.8. The molecule has 1 aliphatic carbocycles. The molecule has 1 aromatic carbocycles. The molecule has 13 nitrogen and oxygen atoms in total. The molecular weight excluding hydrogens is 664 g/mol. The standard InChI is InChI=1S/C36H50N4O9S/c1-23(39(5)35(46)49-36(2,3)4)32(44)38-30(24-11-7-6-8-12-24)34(45)40-17-10-15-28(40)33-37-27(22-50-33)31(43)25-13-9-14-26(21-25)48-20-19-47-18-16-29(41)42/h9,13-14,21-24,28,30H,6-8,10-12,15-20H2,1-5H3,(H,38,44)(H,41,42)/t23-,28?,30-/m0/s1. The first-order chi connectivity index (χ1) is 23.7. The fraction of sp³-hybridized carbons (Fsp3) is 0.611. The minimum atomic E-state index is -0.932. The number of likely N-dealkylation sites (N-methyl/N-ethyl adjacent to an activating group) is 1. The minimum absolute atomic E-state index is 0.0280. The second-order valence-electron chi connectivity index (χ2n) is 13.9. The molecule has 1 aliphatic heterocycles. The molecule has 1 unspecified atom stereocenters. The number of aliphatic carboxylic acids is 1. The van der Waals surface area contributed by atoms with Gasteiger partial charge in [0.1, 0.15) is 40.7 Å². The van der Waals surface area contributed by atoms with Crippen molar-refractivity contribution < 1.29 is 43.3 Å². The predicted octanol–water partition coefficient (Wildman–Crippen LogP) is 5.23. The van der Waals surface area contributed by atoms with E-state index in [0.717, 1.165) is 38.5 Å². The number of carboxylic acid groups (broad SMARTS) is 1. The minimum Gasteiger partial charge on any atom is -0.491 e. The Bertz CT molecular complexity index is 1500. The maximum Gasteiger partial charge on any atom is 0.410 e. The number of benzene rings is 1. The number of ketones is 1. The second kappa shape index (κ2) is 17.8. The van der Waals surface area contributed by atoms with Crippen molar-refractivity contribution in [2.45, 2.75) is 103 Å². The second-order valence-corrected chi connectivity index (χ2v) is 14.8. The summed E-state index contributed by atoms with van der Waals surface area (Å²) in [7, 11) is 1.51. The summed E-state index contributed by atoms with van der Waals surface area (Å²) in [6.07, 6.45) is 5.44. The Morgan fingerprint density at radius 3 is 2.50 bits per heavy atom. The van der Waals surface area contributed by atoms with Gasteiger partial charge in [-0.1, -0.05) is 31.4 Å². The molecule has 274 valence electrons. The van der Waals surface area contributed by atoms with Gasteiger partial charge in [0.05, 0.1) is 25.7 Å². The molecule has 50 heavy (non-hydrogen) atoms. The number of aromatic nitrogens is 1. The Labute approximate surface area is 297 Å². The molecule has 2 aliphatic rings. The predicted molar refractivity (Wildman–Crippen MR) is 186 cm³/mol. The number of rotatable bonds is 15. The van der Waals surface area contributed by atoms with Crippen molar-refractivity contribution in [3.05, 3.63) is 45.9 Å². The van der Waals surface area contributed by atoms with Gasteiger partial charge in [-0.25, -0.2) is 9.78 Å². The van der Waals surface area contributed by atoms with Gasteiger partial charge >= 0.3 is 12.1 Å². The van der Waals surface area contributed by atoms with Gasteiger partial charge in [0.25, 0.3) is 0 Å². The molecule has 2 heterocycles. The summed E-state index contributed by atoms with van der Waals surface area (Å²) in [5.41, 5.74) is -0.0425. The van der Waals surface area contributed by atoms with Crippen molar-refractivity contribution in [3.8, 4) is 5.75 Å². The first kappa shape index (κ1) is 38.8. The number of nitrogens with one attached hydrogen (secondary N) is 1. The zero-order valence-electron chi connectivity index (χ0n) is 29.6. The zero-order chi connectivity index (χ0) is 36.4. The van der Waals surface area contributed by atoms with E-state index in [1.807, 2.05) is 0 Å². The van der Waals surface area contributed by atoms with E-state index in [4.69, 9.17) is 24.3 Å². The van der Waals surface area contributed by atoms with E-state index < -0.39 is 35.7 Å². The van der Waals surface area contributed by atoms with Crippen LogP contribution in [0.4, 0.5) is 4.79 Å². The summed E-state index contributed by atoms with van der Waals surface area (Å²) in [5, 5.41) is 14.1. The molecule has 1 aromatic heterocycles. The highest BCUT2D eigenvalue weighted by Gasteiger charge is 2.41. The topological polar surface area (TPSA) is 165 Å². The molecule has 0 spiro atoms. The number of thiazole rings is 1. The van der Waals surface area contributed by atoms with Crippen LogP contribution in [0, 0.1) is 5.92 Å². The lowest BCUT2D eigenvalue weighted by atomic mass is 9.83. The fourth-order valence-electron chi connectivity index (χ4n) is 6.16. The smallest absolute Gasteiger partial charge is 0.410 e. The number of hydrogen-bond donors (Lipinski definition) is 2. The van der Waals surface area contributed by atoms with E-state index in [-0.39, 0.29) is 55.6 Å². The number of hydrogen-bond acceptors (Lipinski definition) is 10. The van der Waals surface area contributed by atoms with Gasteiger partial charge in [0.2, 0.25) is 17.6 Å². The quantitative estimate of drug-likeness (QED) is 0.184. The Morgan fingerprint density at radius 2 is 1.80 bits per heavy atom. The summed E-state index contributed by atoms with van der Waals surface area (Å²) in [5.74, 6) is -1.35. The van der Waals surface area contributed by atoms with Crippen molar-refractivity contribution in [3.63, 3.8) is 0 Å². The molecule has 2 aromatic rings. The molecule has 1 saturated carbocycles. The van der Waals surface area contributed by atoms with Crippen LogP contribution in [0.5, 0.6) is 5.75 Å². The average Bonchev–Trinajstić information content (AvgIpc) is 3.77. The monoisotopic (exact) mass is 714 g/mol. The van der Waals surface area contributed by atoms with Crippen molar-refractivity contribution in [2.24, 2.45) is 5.92 Å². The van der Waals surface area contributed by atoms with Crippen molar-refractivity contribution in [1.29, 1.82) is 0 Å². The van der Waals surface area contributed by atoms with Crippen LogP contribution >= 0.6 is 11.3 Å². The molecule has 4 rings (SSSR count). The van der Waals surface area contributed by atoms with E-state index in [1.54, 1.807) is 62.2 Å². The number of nitrogens with zero attached hydrogens (tertiary/aromatic N) is 3. The van der Waals surface area contributed by atoms with Crippen LogP contribution in [0.3, 0.4) is 0 Å². The number of carboxylic acids is 1. The van der Waals surface area contributed by atoms with Crippen molar-refractivity contribution >= 4 is 41.0 Å². The van der Waals surface area contributed by atoms with Gasteiger partial charge in [-0.2, -0.15) is 0 Å². The Hall–Kier alpha value is -4.04.